The number of hydrogen-bond donors (Lipinski definition) is 1. The van der Waals surface area contributed by atoms with Crippen molar-refractivity contribution in [2.75, 3.05) is 43.2 Å². The third-order valence-electron chi connectivity index (χ3n) is 5.24. The third-order valence-corrected chi connectivity index (χ3v) is 6.26. The zero-order valence-electron chi connectivity index (χ0n) is 19.7. The molecule has 1 aromatic heterocycles. The van der Waals surface area contributed by atoms with Gasteiger partial charge in [-0.2, -0.15) is 0 Å². The molecule has 0 spiro atoms. The van der Waals surface area contributed by atoms with E-state index in [0.29, 0.717) is 16.4 Å². The van der Waals surface area contributed by atoms with Gasteiger partial charge in [-0.15, -0.1) is 10.2 Å². The molecule has 3 rings (SSSR count). The molecule has 0 atom stereocenters. The van der Waals surface area contributed by atoms with Gasteiger partial charge in [0.15, 0.2) is 11.0 Å². The Labute approximate surface area is 199 Å². The van der Waals surface area contributed by atoms with Gasteiger partial charge in [0.2, 0.25) is 5.91 Å². The number of amides is 2. The number of carbonyl (C=O) groups is 2. The van der Waals surface area contributed by atoms with Crippen LogP contribution in [0.1, 0.15) is 24.2 Å². The Morgan fingerprint density at radius 1 is 0.970 bits per heavy atom. The van der Waals surface area contributed by atoms with Crippen molar-refractivity contribution in [2.45, 2.75) is 19.0 Å². The molecular formula is C24H30N6O2S. The van der Waals surface area contributed by atoms with Gasteiger partial charge in [-0.3, -0.25) is 9.59 Å². The van der Waals surface area contributed by atoms with Gasteiger partial charge in [0.25, 0.3) is 5.91 Å². The maximum atomic E-state index is 12.4. The van der Waals surface area contributed by atoms with Gasteiger partial charge in [-0.05, 0) is 62.4 Å². The van der Waals surface area contributed by atoms with E-state index in [4.69, 9.17) is 0 Å². The van der Waals surface area contributed by atoms with Crippen molar-refractivity contribution in [3.05, 3.63) is 54.1 Å². The van der Waals surface area contributed by atoms with Crippen molar-refractivity contribution >= 4 is 35.0 Å². The molecule has 0 aliphatic heterocycles. The number of benzene rings is 2. The molecule has 1 heterocycles. The standard InChI is InChI=1S/C24H30N6O2S/c1-6-30(7-2)20-14-10-17(11-15-20)22-26-27-24(29(22)5)33-16-21(31)25-19-12-8-18(9-13-19)23(32)28(3)4/h8-15H,6-7,16H2,1-5H3,(H,25,31). The van der Waals surface area contributed by atoms with Gasteiger partial charge in [0.1, 0.15) is 0 Å². The highest BCUT2D eigenvalue weighted by Crippen LogP contribution is 2.25. The molecule has 2 aromatic carbocycles. The summed E-state index contributed by atoms with van der Waals surface area (Å²) in [5, 5.41) is 12.1. The Morgan fingerprint density at radius 3 is 2.18 bits per heavy atom. The van der Waals surface area contributed by atoms with E-state index in [-0.39, 0.29) is 17.6 Å². The molecule has 33 heavy (non-hydrogen) atoms. The van der Waals surface area contributed by atoms with E-state index in [0.717, 1.165) is 24.5 Å². The highest BCUT2D eigenvalue weighted by atomic mass is 32.2. The molecule has 174 valence electrons. The first-order valence-corrected chi connectivity index (χ1v) is 11.8. The zero-order chi connectivity index (χ0) is 24.0. The van der Waals surface area contributed by atoms with Crippen LogP contribution < -0.4 is 10.2 Å². The van der Waals surface area contributed by atoms with Crippen LogP contribution in [0.2, 0.25) is 0 Å². The summed E-state index contributed by atoms with van der Waals surface area (Å²) in [4.78, 5) is 28.2. The molecule has 9 heteroatoms. The normalized spacial score (nSPS) is 10.7. The number of anilines is 2. The third kappa shape index (κ3) is 5.92. The fraction of sp³-hybridized carbons (Fsp3) is 0.333. The zero-order valence-corrected chi connectivity index (χ0v) is 20.5. The van der Waals surface area contributed by atoms with E-state index < -0.39 is 0 Å². The second kappa shape index (κ2) is 11.0. The number of aromatic nitrogens is 3. The van der Waals surface area contributed by atoms with Gasteiger partial charge in [0, 0.05) is 56.7 Å². The highest BCUT2D eigenvalue weighted by Gasteiger charge is 2.14. The van der Waals surface area contributed by atoms with Crippen molar-refractivity contribution in [3.63, 3.8) is 0 Å². The first-order chi connectivity index (χ1) is 15.8. The molecule has 2 amide bonds. The maximum Gasteiger partial charge on any atom is 0.253 e. The van der Waals surface area contributed by atoms with Gasteiger partial charge >= 0.3 is 0 Å². The fourth-order valence-corrected chi connectivity index (χ4v) is 4.09. The second-order valence-electron chi connectivity index (χ2n) is 7.70. The SMILES string of the molecule is CCN(CC)c1ccc(-c2nnc(SCC(=O)Nc3ccc(C(=O)N(C)C)cc3)n2C)cc1. The molecule has 0 bridgehead atoms. The Bertz CT molecular complexity index is 1090. The number of rotatable bonds is 9. The summed E-state index contributed by atoms with van der Waals surface area (Å²) >= 11 is 1.33. The smallest absolute Gasteiger partial charge is 0.253 e. The topological polar surface area (TPSA) is 83.4 Å². The minimum atomic E-state index is -0.153. The van der Waals surface area contributed by atoms with E-state index >= 15 is 0 Å². The van der Waals surface area contributed by atoms with Crippen LogP contribution in [0.4, 0.5) is 11.4 Å². The van der Waals surface area contributed by atoms with E-state index in [2.05, 4.69) is 46.4 Å². The maximum absolute atomic E-state index is 12.4. The van der Waals surface area contributed by atoms with Crippen LogP contribution in [0.25, 0.3) is 11.4 Å². The van der Waals surface area contributed by atoms with Crippen LogP contribution in [0.3, 0.4) is 0 Å². The predicted octanol–water partition coefficient (Wildman–Crippen LogP) is 3.76. The van der Waals surface area contributed by atoms with E-state index in [1.165, 1.54) is 22.3 Å². The van der Waals surface area contributed by atoms with Gasteiger partial charge < -0.3 is 19.7 Å². The monoisotopic (exact) mass is 466 g/mol. The molecule has 1 N–H and O–H groups in total. The highest BCUT2D eigenvalue weighted by molar-refractivity contribution is 7.99. The van der Waals surface area contributed by atoms with Crippen LogP contribution >= 0.6 is 11.8 Å². The molecule has 0 aliphatic rings. The van der Waals surface area contributed by atoms with Crippen LogP contribution in [0.15, 0.2) is 53.7 Å². The minimum absolute atomic E-state index is 0.0794. The van der Waals surface area contributed by atoms with Crippen LogP contribution in [0, 0.1) is 0 Å². The molecule has 3 aromatic rings. The number of hydrogen-bond acceptors (Lipinski definition) is 6. The second-order valence-corrected chi connectivity index (χ2v) is 8.64. The summed E-state index contributed by atoms with van der Waals surface area (Å²) in [6.07, 6.45) is 0. The minimum Gasteiger partial charge on any atom is -0.372 e. The van der Waals surface area contributed by atoms with E-state index in [9.17, 15) is 9.59 Å². The quantitative estimate of drug-likeness (QED) is 0.484. The molecular weight excluding hydrogens is 436 g/mol. The van der Waals surface area contributed by atoms with E-state index in [1.807, 2.05) is 23.7 Å². The molecule has 0 saturated carbocycles. The lowest BCUT2D eigenvalue weighted by molar-refractivity contribution is -0.113. The first-order valence-electron chi connectivity index (χ1n) is 10.8. The summed E-state index contributed by atoms with van der Waals surface area (Å²) < 4.78 is 1.89. The summed E-state index contributed by atoms with van der Waals surface area (Å²) in [5.41, 5.74) is 3.37. The molecule has 8 nitrogen and oxygen atoms in total. The Hall–Kier alpha value is -3.33. The first kappa shape index (κ1) is 24.3. The number of carbonyl (C=O) groups excluding carboxylic acids is 2. The summed E-state index contributed by atoms with van der Waals surface area (Å²) in [6.45, 7) is 6.20. The van der Waals surface area contributed by atoms with Crippen molar-refractivity contribution in [1.82, 2.24) is 19.7 Å². The van der Waals surface area contributed by atoms with Gasteiger partial charge in [0.05, 0.1) is 5.75 Å². The van der Waals surface area contributed by atoms with Gasteiger partial charge in [-0.1, -0.05) is 11.8 Å². The molecule has 0 radical (unpaired) electrons. The lowest BCUT2D eigenvalue weighted by Gasteiger charge is -2.21. The fourth-order valence-electron chi connectivity index (χ4n) is 3.38. The van der Waals surface area contributed by atoms with Crippen molar-refractivity contribution in [2.24, 2.45) is 7.05 Å². The lowest BCUT2D eigenvalue weighted by Crippen LogP contribution is -2.21. The molecule has 0 unspecified atom stereocenters. The average molecular weight is 467 g/mol. The largest absolute Gasteiger partial charge is 0.372 e. The van der Waals surface area contributed by atoms with Crippen molar-refractivity contribution in [1.29, 1.82) is 0 Å². The molecule has 0 aliphatic carbocycles. The van der Waals surface area contributed by atoms with Crippen LogP contribution in [-0.2, 0) is 11.8 Å². The molecule has 0 saturated heterocycles. The van der Waals surface area contributed by atoms with Crippen molar-refractivity contribution in [3.8, 4) is 11.4 Å². The summed E-state index contributed by atoms with van der Waals surface area (Å²) in [6, 6.07) is 15.1. The lowest BCUT2D eigenvalue weighted by atomic mass is 10.2. The summed E-state index contributed by atoms with van der Waals surface area (Å²) in [5.74, 6) is 0.722. The Kier molecular flexibility index (Phi) is 8.11. The number of nitrogens with one attached hydrogen (secondary N) is 1. The Balaban J connectivity index is 1.59. The number of nitrogens with zero attached hydrogens (tertiary/aromatic N) is 5. The van der Waals surface area contributed by atoms with Crippen LogP contribution in [-0.4, -0.2) is 64.4 Å². The predicted molar refractivity (Wildman–Crippen MR) is 134 cm³/mol. The van der Waals surface area contributed by atoms with Gasteiger partial charge in [-0.25, -0.2) is 0 Å². The van der Waals surface area contributed by atoms with Crippen molar-refractivity contribution < 1.29 is 9.59 Å². The average Bonchev–Trinajstić information content (AvgIpc) is 3.19. The molecule has 0 fully saturated rings. The van der Waals surface area contributed by atoms with Crippen LogP contribution in [0.5, 0.6) is 0 Å². The number of thioether (sulfide) groups is 1. The summed E-state index contributed by atoms with van der Waals surface area (Å²) in [7, 11) is 5.30. The van der Waals surface area contributed by atoms with E-state index in [1.54, 1.807) is 38.4 Å². The Morgan fingerprint density at radius 2 is 1.61 bits per heavy atom.